The molecule has 1 aromatic carbocycles. The molecule has 102 valence electrons. The van der Waals surface area contributed by atoms with E-state index >= 15 is 0 Å². The number of carbonyl (C=O) groups excluding carboxylic acids is 1. The lowest BCUT2D eigenvalue weighted by molar-refractivity contribution is 0.0950. The van der Waals surface area contributed by atoms with Crippen LogP contribution in [0.2, 0.25) is 0 Å². The van der Waals surface area contributed by atoms with Crippen molar-refractivity contribution >= 4 is 50.6 Å². The Hall–Kier alpha value is -1.48. The molecule has 0 atom stereocenters. The lowest BCUT2D eigenvalue weighted by atomic mass is 10.2. The minimum atomic E-state index is -0.411. The van der Waals surface area contributed by atoms with Gasteiger partial charge in [-0.05, 0) is 46.9 Å². The molecule has 0 aliphatic rings. The number of hydrogen-bond acceptors (Lipinski definition) is 4. The molecule has 2 N–H and O–H groups in total. The van der Waals surface area contributed by atoms with Crippen LogP contribution < -0.4 is 5.43 Å². The summed E-state index contributed by atoms with van der Waals surface area (Å²) in [5, 5.41) is 13.7. The van der Waals surface area contributed by atoms with Crippen LogP contribution in [-0.2, 0) is 0 Å². The number of nitrogens with zero attached hydrogens (tertiary/aromatic N) is 2. The molecule has 0 fully saturated rings. The zero-order valence-electron chi connectivity index (χ0n) is 10.0. The van der Waals surface area contributed by atoms with Crippen LogP contribution in [0.1, 0.15) is 16.1 Å². The van der Waals surface area contributed by atoms with E-state index in [1.807, 2.05) is 22.6 Å². The second-order valence-corrected chi connectivity index (χ2v) is 5.82. The lowest BCUT2D eigenvalue weighted by Gasteiger charge is -2.03. The number of carbonyl (C=O) groups is 1. The van der Waals surface area contributed by atoms with Crippen molar-refractivity contribution in [1.29, 1.82) is 0 Å². The zero-order valence-corrected chi connectivity index (χ0v) is 13.8. The normalized spacial score (nSPS) is 10.7. The van der Waals surface area contributed by atoms with Gasteiger partial charge in [-0.1, -0.05) is 22.0 Å². The molecule has 0 saturated heterocycles. The van der Waals surface area contributed by atoms with Gasteiger partial charge in [-0.15, -0.1) is 0 Å². The van der Waals surface area contributed by atoms with Gasteiger partial charge in [-0.25, -0.2) is 5.43 Å². The highest BCUT2D eigenvalue weighted by Crippen LogP contribution is 2.27. The predicted molar refractivity (Wildman–Crippen MR) is 87.8 cm³/mol. The molecule has 1 aromatic heterocycles. The van der Waals surface area contributed by atoms with Gasteiger partial charge in [-0.2, -0.15) is 5.10 Å². The van der Waals surface area contributed by atoms with Gasteiger partial charge in [0.15, 0.2) is 0 Å². The van der Waals surface area contributed by atoms with Crippen molar-refractivity contribution in [2.24, 2.45) is 5.10 Å². The highest BCUT2D eigenvalue weighted by molar-refractivity contribution is 14.1. The molecular weight excluding hydrogens is 437 g/mol. The van der Waals surface area contributed by atoms with Crippen LogP contribution >= 0.6 is 38.5 Å². The van der Waals surface area contributed by atoms with Crippen molar-refractivity contribution in [3.63, 3.8) is 0 Å². The van der Waals surface area contributed by atoms with Crippen molar-refractivity contribution in [2.75, 3.05) is 0 Å². The van der Waals surface area contributed by atoms with E-state index in [9.17, 15) is 9.90 Å². The van der Waals surface area contributed by atoms with Gasteiger partial charge in [0.05, 0.1) is 9.78 Å². The predicted octanol–water partition coefficient (Wildman–Crippen LogP) is 2.92. The van der Waals surface area contributed by atoms with E-state index in [4.69, 9.17) is 0 Å². The molecule has 7 heteroatoms. The van der Waals surface area contributed by atoms with Crippen LogP contribution in [0.4, 0.5) is 0 Å². The van der Waals surface area contributed by atoms with E-state index in [0.29, 0.717) is 9.13 Å². The Morgan fingerprint density at radius 3 is 2.95 bits per heavy atom. The van der Waals surface area contributed by atoms with E-state index in [1.165, 1.54) is 12.4 Å². The number of halogens is 2. The Morgan fingerprint density at radius 1 is 1.45 bits per heavy atom. The summed E-state index contributed by atoms with van der Waals surface area (Å²) >= 11 is 5.34. The Bertz CT molecular complexity index is 662. The van der Waals surface area contributed by atoms with Gasteiger partial charge in [0.2, 0.25) is 0 Å². The van der Waals surface area contributed by atoms with Crippen LogP contribution in [0.25, 0.3) is 0 Å². The molecule has 2 aromatic rings. The van der Waals surface area contributed by atoms with Crippen LogP contribution in [-0.4, -0.2) is 22.2 Å². The highest BCUT2D eigenvalue weighted by Gasteiger charge is 2.06. The van der Waals surface area contributed by atoms with Gasteiger partial charge in [0.1, 0.15) is 11.4 Å². The van der Waals surface area contributed by atoms with Crippen molar-refractivity contribution in [3.05, 3.63) is 55.8 Å². The maximum absolute atomic E-state index is 11.7. The maximum atomic E-state index is 11.7. The summed E-state index contributed by atoms with van der Waals surface area (Å²) in [6.45, 7) is 0. The third kappa shape index (κ3) is 3.76. The van der Waals surface area contributed by atoms with Crippen LogP contribution in [0.15, 0.2) is 46.1 Å². The van der Waals surface area contributed by atoms with E-state index in [1.54, 1.807) is 30.3 Å². The number of rotatable bonds is 3. The molecule has 20 heavy (non-hydrogen) atoms. The smallest absolute Gasteiger partial charge is 0.289 e. The average molecular weight is 446 g/mol. The second kappa shape index (κ2) is 6.80. The Labute approximate surface area is 137 Å². The summed E-state index contributed by atoms with van der Waals surface area (Å²) in [6.07, 6.45) is 2.91. The third-order valence-corrected chi connectivity index (χ3v) is 3.61. The number of benzene rings is 1. The average Bonchev–Trinajstić information content (AvgIpc) is 2.44. The fraction of sp³-hybridized carbons (Fsp3) is 0. The molecule has 1 amide bonds. The first-order valence-electron chi connectivity index (χ1n) is 5.50. The summed E-state index contributed by atoms with van der Waals surface area (Å²) in [7, 11) is 0. The van der Waals surface area contributed by atoms with Gasteiger partial charge < -0.3 is 5.11 Å². The number of phenols is 1. The Kier molecular flexibility index (Phi) is 5.07. The first kappa shape index (κ1) is 14.9. The number of hydrazone groups is 1. The van der Waals surface area contributed by atoms with Gasteiger partial charge in [-0.3, -0.25) is 9.78 Å². The number of aromatic hydroxyl groups is 1. The molecule has 0 saturated carbocycles. The molecule has 0 aliphatic heterocycles. The van der Waals surface area contributed by atoms with Crippen LogP contribution in [0.5, 0.6) is 5.75 Å². The molecule has 0 radical (unpaired) electrons. The second-order valence-electron chi connectivity index (χ2n) is 3.74. The number of phenolic OH excluding ortho intramolecular Hbond substituents is 1. The summed E-state index contributed by atoms with van der Waals surface area (Å²) in [6, 6.07) is 8.51. The van der Waals surface area contributed by atoms with E-state index in [2.05, 4.69) is 31.4 Å². The van der Waals surface area contributed by atoms with Crippen molar-refractivity contribution in [2.45, 2.75) is 0 Å². The SMILES string of the molecule is O=C(N/N=C/c1cc(Br)cc(I)c1O)c1ccccn1. The fourth-order valence-electron chi connectivity index (χ4n) is 1.40. The number of pyridine rings is 1. The number of aromatic nitrogens is 1. The van der Waals surface area contributed by atoms with E-state index < -0.39 is 5.91 Å². The quantitative estimate of drug-likeness (QED) is 0.433. The zero-order chi connectivity index (χ0) is 14.5. The highest BCUT2D eigenvalue weighted by atomic mass is 127. The van der Waals surface area contributed by atoms with Crippen molar-refractivity contribution in [1.82, 2.24) is 10.4 Å². The molecule has 0 spiro atoms. The molecule has 0 bridgehead atoms. The summed E-state index contributed by atoms with van der Waals surface area (Å²) < 4.78 is 1.51. The van der Waals surface area contributed by atoms with Gasteiger partial charge in [0, 0.05) is 16.2 Å². The summed E-state index contributed by atoms with van der Waals surface area (Å²) in [5.41, 5.74) is 3.13. The molecule has 0 aliphatic carbocycles. The Morgan fingerprint density at radius 2 is 2.25 bits per heavy atom. The summed E-state index contributed by atoms with van der Waals surface area (Å²) in [5.74, 6) is -0.296. The minimum Gasteiger partial charge on any atom is -0.506 e. The number of amides is 1. The van der Waals surface area contributed by atoms with Gasteiger partial charge in [0.25, 0.3) is 5.91 Å². The fourth-order valence-corrected chi connectivity index (χ4v) is 2.95. The molecule has 5 nitrogen and oxygen atoms in total. The van der Waals surface area contributed by atoms with Crippen LogP contribution in [0, 0.1) is 3.57 Å². The summed E-state index contributed by atoms with van der Waals surface area (Å²) in [4.78, 5) is 15.6. The lowest BCUT2D eigenvalue weighted by Crippen LogP contribution is -2.18. The maximum Gasteiger partial charge on any atom is 0.289 e. The van der Waals surface area contributed by atoms with Crippen LogP contribution in [0.3, 0.4) is 0 Å². The minimum absolute atomic E-state index is 0.115. The molecular formula is C13H9BrIN3O2. The molecule has 0 unspecified atom stereocenters. The van der Waals surface area contributed by atoms with Crippen molar-refractivity contribution in [3.8, 4) is 5.75 Å². The van der Waals surface area contributed by atoms with Crippen molar-refractivity contribution < 1.29 is 9.90 Å². The van der Waals surface area contributed by atoms with E-state index in [-0.39, 0.29) is 11.4 Å². The number of nitrogens with one attached hydrogen (secondary N) is 1. The molecule has 1 heterocycles. The first-order valence-corrected chi connectivity index (χ1v) is 7.37. The van der Waals surface area contributed by atoms with Gasteiger partial charge >= 0.3 is 0 Å². The monoisotopic (exact) mass is 445 g/mol. The Balaban J connectivity index is 2.10. The third-order valence-electron chi connectivity index (χ3n) is 2.32. The standard InChI is InChI=1S/C13H9BrIN3O2/c14-9-5-8(12(19)10(15)6-9)7-17-18-13(20)11-3-1-2-4-16-11/h1-7,19H,(H,18,20)/b17-7+. The topological polar surface area (TPSA) is 74.6 Å². The van der Waals surface area contributed by atoms with E-state index in [0.717, 1.165) is 4.47 Å². The largest absolute Gasteiger partial charge is 0.506 e. The first-order chi connectivity index (χ1) is 9.58. The molecule has 2 rings (SSSR count). The number of hydrogen-bond donors (Lipinski definition) is 2.